The van der Waals surface area contributed by atoms with Gasteiger partial charge in [0.25, 0.3) is 0 Å². The third-order valence-corrected chi connectivity index (χ3v) is 3.95. The van der Waals surface area contributed by atoms with Crippen molar-refractivity contribution in [1.82, 2.24) is 20.7 Å². The molecule has 26 heavy (non-hydrogen) atoms. The van der Waals surface area contributed by atoms with E-state index in [0.29, 0.717) is 6.54 Å². The second-order valence-corrected chi connectivity index (χ2v) is 5.78. The van der Waals surface area contributed by atoms with E-state index in [1.807, 2.05) is 42.5 Å². The molecule has 2 N–H and O–H groups in total. The molecule has 0 fully saturated rings. The number of carbonyl (C=O) groups is 2. The van der Waals surface area contributed by atoms with E-state index in [4.69, 9.17) is 4.74 Å². The Morgan fingerprint density at radius 3 is 2.81 bits per heavy atom. The topological polar surface area (TPSA) is 83.6 Å². The summed E-state index contributed by atoms with van der Waals surface area (Å²) in [5, 5.41) is 4.12. The molecular weight excluding hydrogens is 332 g/mol. The lowest BCUT2D eigenvalue weighted by atomic mass is 10.1. The summed E-state index contributed by atoms with van der Waals surface area (Å²) in [6, 6.07) is 11.2. The number of carbonyl (C=O) groups excluding carboxylic acids is 2. The molecule has 2 aromatic rings. The van der Waals surface area contributed by atoms with Gasteiger partial charge in [0.05, 0.1) is 12.8 Å². The Morgan fingerprint density at radius 1 is 1.31 bits per heavy atom. The van der Waals surface area contributed by atoms with E-state index in [-0.39, 0.29) is 24.8 Å². The maximum absolute atomic E-state index is 12.2. The van der Waals surface area contributed by atoms with Gasteiger partial charge >= 0.3 is 0 Å². The van der Waals surface area contributed by atoms with E-state index >= 15 is 0 Å². The zero-order valence-corrected chi connectivity index (χ0v) is 14.4. The first kappa shape index (κ1) is 17.5. The summed E-state index contributed by atoms with van der Waals surface area (Å²) in [6.45, 7) is 0.308. The Labute approximate surface area is 151 Å². The van der Waals surface area contributed by atoms with E-state index in [2.05, 4.69) is 15.7 Å². The molecule has 3 rings (SSSR count). The maximum atomic E-state index is 12.2. The Bertz CT molecular complexity index is 803. The second-order valence-electron chi connectivity index (χ2n) is 5.78. The van der Waals surface area contributed by atoms with Gasteiger partial charge in [-0.2, -0.15) is 0 Å². The molecule has 0 saturated heterocycles. The van der Waals surface area contributed by atoms with Crippen LogP contribution in [0.2, 0.25) is 0 Å². The van der Waals surface area contributed by atoms with E-state index in [0.717, 1.165) is 22.6 Å². The van der Waals surface area contributed by atoms with Crippen molar-refractivity contribution in [2.24, 2.45) is 0 Å². The highest BCUT2D eigenvalue weighted by molar-refractivity contribution is 5.88. The minimum atomic E-state index is -0.245. The van der Waals surface area contributed by atoms with Crippen molar-refractivity contribution in [3.63, 3.8) is 0 Å². The number of amides is 2. The molecular formula is C19H20N4O3. The molecule has 2 heterocycles. The Balaban J connectivity index is 1.58. The summed E-state index contributed by atoms with van der Waals surface area (Å²) in [5.74, 6) is 0.359. The zero-order valence-electron chi connectivity index (χ0n) is 14.4. The number of nitrogens with zero attached hydrogens (tertiary/aromatic N) is 2. The molecule has 0 bridgehead atoms. The van der Waals surface area contributed by atoms with Crippen molar-refractivity contribution in [3.05, 3.63) is 66.0 Å². The molecule has 1 aromatic heterocycles. The monoisotopic (exact) mass is 352 g/mol. The number of ether oxygens (including phenoxy) is 1. The van der Waals surface area contributed by atoms with Gasteiger partial charge in [-0.3, -0.25) is 20.0 Å². The Morgan fingerprint density at radius 2 is 2.12 bits per heavy atom. The van der Waals surface area contributed by atoms with Crippen molar-refractivity contribution in [1.29, 1.82) is 0 Å². The number of nitrogens with one attached hydrogen (secondary N) is 2. The van der Waals surface area contributed by atoms with Crippen molar-refractivity contribution < 1.29 is 14.3 Å². The predicted octanol–water partition coefficient (Wildman–Crippen LogP) is 1.48. The molecule has 0 atom stereocenters. The fourth-order valence-corrected chi connectivity index (χ4v) is 2.54. The van der Waals surface area contributed by atoms with Crippen LogP contribution in [0.4, 0.5) is 0 Å². The summed E-state index contributed by atoms with van der Waals surface area (Å²) < 4.78 is 5.15. The third kappa shape index (κ3) is 4.38. The van der Waals surface area contributed by atoms with Crippen molar-refractivity contribution >= 4 is 17.5 Å². The summed E-state index contributed by atoms with van der Waals surface area (Å²) in [7, 11) is 1.61. The lowest BCUT2D eigenvalue weighted by Gasteiger charge is -2.28. The fourth-order valence-electron chi connectivity index (χ4n) is 2.54. The second kappa shape index (κ2) is 8.15. The Hall–Kier alpha value is -3.35. The van der Waals surface area contributed by atoms with Gasteiger partial charge in [0.15, 0.2) is 0 Å². The van der Waals surface area contributed by atoms with Crippen LogP contribution in [-0.2, 0) is 16.1 Å². The van der Waals surface area contributed by atoms with Crippen LogP contribution in [0.5, 0.6) is 5.75 Å². The summed E-state index contributed by atoms with van der Waals surface area (Å²) in [4.78, 5) is 28.2. The van der Waals surface area contributed by atoms with Gasteiger partial charge in [-0.15, -0.1) is 0 Å². The maximum Gasteiger partial charge on any atom is 0.245 e. The molecule has 1 aromatic carbocycles. The van der Waals surface area contributed by atoms with Gasteiger partial charge in [0.2, 0.25) is 11.8 Å². The van der Waals surface area contributed by atoms with Gasteiger partial charge in [-0.05, 0) is 47.5 Å². The average molecular weight is 352 g/mol. The SMILES string of the molecule is COc1ccc(C2=CCC(=O)N(CC(=O)NCc3cccnc3)N2)cc1. The number of rotatable bonds is 6. The van der Waals surface area contributed by atoms with Gasteiger partial charge in [0, 0.05) is 25.4 Å². The van der Waals surface area contributed by atoms with Crippen LogP contribution in [0.15, 0.2) is 54.9 Å². The normalized spacial score (nSPS) is 13.7. The predicted molar refractivity (Wildman–Crippen MR) is 96.5 cm³/mol. The molecule has 1 aliphatic rings. The van der Waals surface area contributed by atoms with Crippen LogP contribution in [0.3, 0.4) is 0 Å². The number of hydrazine groups is 1. The highest BCUT2D eigenvalue weighted by Gasteiger charge is 2.22. The van der Waals surface area contributed by atoms with Crippen molar-refractivity contribution in [2.45, 2.75) is 13.0 Å². The highest BCUT2D eigenvalue weighted by Crippen LogP contribution is 2.20. The fraction of sp³-hybridized carbons (Fsp3) is 0.211. The van der Waals surface area contributed by atoms with Crippen molar-refractivity contribution in [3.8, 4) is 5.75 Å². The van der Waals surface area contributed by atoms with E-state index in [1.165, 1.54) is 5.01 Å². The molecule has 7 nitrogen and oxygen atoms in total. The highest BCUT2D eigenvalue weighted by atomic mass is 16.5. The molecule has 134 valence electrons. The van der Waals surface area contributed by atoms with E-state index in [1.54, 1.807) is 19.5 Å². The number of pyridine rings is 1. The van der Waals surface area contributed by atoms with Crippen LogP contribution in [-0.4, -0.2) is 35.5 Å². The van der Waals surface area contributed by atoms with E-state index < -0.39 is 0 Å². The molecule has 1 aliphatic heterocycles. The molecule has 0 saturated carbocycles. The van der Waals surface area contributed by atoms with Crippen LogP contribution in [0.25, 0.3) is 5.70 Å². The smallest absolute Gasteiger partial charge is 0.245 e. The average Bonchev–Trinajstić information content (AvgIpc) is 2.69. The molecule has 0 radical (unpaired) electrons. The van der Waals surface area contributed by atoms with Crippen LogP contribution >= 0.6 is 0 Å². The largest absolute Gasteiger partial charge is 0.497 e. The minimum Gasteiger partial charge on any atom is -0.497 e. The van der Waals surface area contributed by atoms with Gasteiger partial charge in [-0.25, -0.2) is 5.01 Å². The summed E-state index contributed by atoms with van der Waals surface area (Å²) in [6.07, 6.45) is 5.42. The molecule has 0 unspecified atom stereocenters. The molecule has 0 aliphatic carbocycles. The zero-order chi connectivity index (χ0) is 18.4. The van der Waals surface area contributed by atoms with E-state index in [9.17, 15) is 9.59 Å². The van der Waals surface area contributed by atoms with Gasteiger partial charge in [-0.1, -0.05) is 6.07 Å². The summed E-state index contributed by atoms with van der Waals surface area (Å²) >= 11 is 0. The molecule has 2 amide bonds. The number of methoxy groups -OCH3 is 1. The lowest BCUT2D eigenvalue weighted by Crippen LogP contribution is -2.49. The quantitative estimate of drug-likeness (QED) is 0.823. The third-order valence-electron chi connectivity index (χ3n) is 3.95. The number of benzene rings is 1. The van der Waals surface area contributed by atoms with Crippen LogP contribution in [0, 0.1) is 0 Å². The number of hydrogen-bond donors (Lipinski definition) is 2. The minimum absolute atomic E-state index is 0.0629. The van der Waals surface area contributed by atoms with Crippen LogP contribution < -0.4 is 15.5 Å². The van der Waals surface area contributed by atoms with Gasteiger partial charge in [0.1, 0.15) is 12.3 Å². The first-order chi connectivity index (χ1) is 12.7. The number of aromatic nitrogens is 1. The number of hydrogen-bond acceptors (Lipinski definition) is 5. The summed E-state index contributed by atoms with van der Waals surface area (Å²) in [5.41, 5.74) is 5.62. The molecule has 0 spiro atoms. The molecule has 7 heteroatoms. The van der Waals surface area contributed by atoms with Gasteiger partial charge < -0.3 is 10.1 Å². The first-order valence-electron chi connectivity index (χ1n) is 8.23. The standard InChI is InChI=1S/C19H20N4O3/c1-26-16-6-4-15(5-7-16)17-8-9-19(25)23(22-17)13-18(24)21-12-14-3-2-10-20-11-14/h2-8,10-11,22H,9,12-13H2,1H3,(H,21,24). The van der Waals surface area contributed by atoms with Crippen molar-refractivity contribution in [2.75, 3.05) is 13.7 Å². The lowest BCUT2D eigenvalue weighted by molar-refractivity contribution is -0.137. The Kier molecular flexibility index (Phi) is 5.48. The van der Waals surface area contributed by atoms with Crippen LogP contribution in [0.1, 0.15) is 17.5 Å². The first-order valence-corrected chi connectivity index (χ1v) is 8.23.